The van der Waals surface area contributed by atoms with Crippen LogP contribution in [-0.2, 0) is 14.8 Å². The van der Waals surface area contributed by atoms with Gasteiger partial charge in [-0.15, -0.1) is 0 Å². The summed E-state index contributed by atoms with van der Waals surface area (Å²) in [7, 11) is -3.73. The second-order valence-electron chi connectivity index (χ2n) is 11.7. The third-order valence-corrected chi connectivity index (χ3v) is 9.63. The number of halogens is 1. The highest BCUT2D eigenvalue weighted by atomic mass is 32.2. The van der Waals surface area contributed by atoms with E-state index in [4.69, 9.17) is 4.74 Å². The lowest BCUT2D eigenvalue weighted by atomic mass is 9.82. The number of fused-ring (bicyclic) bond motifs is 3. The first-order chi connectivity index (χ1) is 18.0. The first kappa shape index (κ1) is 26.9. The van der Waals surface area contributed by atoms with E-state index in [-0.39, 0.29) is 29.2 Å². The summed E-state index contributed by atoms with van der Waals surface area (Å²) in [6.45, 7) is 10.1. The number of hydrogen-bond acceptors (Lipinski definition) is 4. The van der Waals surface area contributed by atoms with Crippen LogP contribution in [0.2, 0.25) is 0 Å². The number of aryl methyl sites for hydroxylation is 1. The van der Waals surface area contributed by atoms with Crippen molar-refractivity contribution in [2.45, 2.75) is 57.5 Å². The number of ether oxygens (including phenoxy) is 1. The molecule has 3 aromatic carbocycles. The molecule has 2 aliphatic heterocycles. The van der Waals surface area contributed by atoms with Gasteiger partial charge in [-0.25, -0.2) is 12.8 Å². The van der Waals surface area contributed by atoms with Gasteiger partial charge < -0.3 is 10.1 Å². The number of hydrogen-bond donors (Lipinski definition) is 1. The molecule has 2 aliphatic rings. The van der Waals surface area contributed by atoms with Gasteiger partial charge in [0.05, 0.1) is 23.6 Å². The van der Waals surface area contributed by atoms with E-state index < -0.39 is 10.0 Å². The van der Waals surface area contributed by atoms with Crippen molar-refractivity contribution >= 4 is 15.7 Å². The molecule has 0 aromatic heterocycles. The van der Waals surface area contributed by atoms with Crippen molar-refractivity contribution in [3.05, 3.63) is 83.7 Å². The highest BCUT2D eigenvalue weighted by Crippen LogP contribution is 2.49. The number of nitrogens with one attached hydrogen (secondary N) is 1. The monoisotopic (exact) mass is 536 g/mol. The largest absolute Gasteiger partial charge is 0.379 e. The lowest BCUT2D eigenvalue weighted by molar-refractivity contribution is 0.0845. The molecule has 0 unspecified atom stereocenters. The fraction of sp³-hybridized carbons (Fsp3) is 0.419. The number of sulfonamides is 1. The minimum absolute atomic E-state index is 0.0232. The van der Waals surface area contributed by atoms with Crippen LogP contribution >= 0.6 is 0 Å². The van der Waals surface area contributed by atoms with Crippen molar-refractivity contribution in [2.24, 2.45) is 11.3 Å². The molecule has 7 heteroatoms. The standard InChI is InChI=1S/C31H37FN2O3S/c1-21-9-12-23(13-10-21)38(35,36)34-17-15-25-29(20-37-18-16-31(2,3)4)33-28-14-11-22(19-26(28)30(25)34)24-7-5-6-8-27(24)32/h5-14,19,25,29-30,33H,15-18,20H2,1-4H3/t25-,29+,30-/m1/s1. The summed E-state index contributed by atoms with van der Waals surface area (Å²) < 4.78 is 50.3. The zero-order valence-corrected chi connectivity index (χ0v) is 23.4. The average molecular weight is 537 g/mol. The molecule has 0 amide bonds. The number of rotatable bonds is 7. The van der Waals surface area contributed by atoms with Crippen LogP contribution in [0.5, 0.6) is 0 Å². The minimum Gasteiger partial charge on any atom is -0.379 e. The van der Waals surface area contributed by atoms with Crippen molar-refractivity contribution in [1.29, 1.82) is 0 Å². The Hall–Kier alpha value is -2.74. The van der Waals surface area contributed by atoms with Crippen molar-refractivity contribution in [3.8, 4) is 11.1 Å². The normalized spacial score (nSPS) is 21.6. The number of nitrogens with zero attached hydrogens (tertiary/aromatic N) is 1. The summed E-state index contributed by atoms with van der Waals surface area (Å²) in [6, 6.07) is 19.1. The molecular formula is C31H37FN2O3S. The molecule has 0 radical (unpaired) electrons. The van der Waals surface area contributed by atoms with E-state index in [0.717, 1.165) is 35.2 Å². The number of benzene rings is 3. The van der Waals surface area contributed by atoms with Gasteiger partial charge in [-0.2, -0.15) is 4.31 Å². The molecule has 5 rings (SSSR count). The Morgan fingerprint density at radius 2 is 1.79 bits per heavy atom. The van der Waals surface area contributed by atoms with E-state index >= 15 is 0 Å². The van der Waals surface area contributed by atoms with Crippen LogP contribution in [0.25, 0.3) is 11.1 Å². The molecule has 1 saturated heterocycles. The summed E-state index contributed by atoms with van der Waals surface area (Å²) >= 11 is 0. The van der Waals surface area contributed by atoms with Crippen LogP contribution in [-0.4, -0.2) is 38.5 Å². The van der Waals surface area contributed by atoms with Gasteiger partial charge in [0.25, 0.3) is 0 Å². The van der Waals surface area contributed by atoms with Crippen LogP contribution in [0, 0.1) is 24.1 Å². The maximum absolute atomic E-state index is 14.7. The van der Waals surface area contributed by atoms with Gasteiger partial charge in [0, 0.05) is 30.3 Å². The molecule has 0 spiro atoms. The Balaban J connectivity index is 1.52. The van der Waals surface area contributed by atoms with E-state index in [1.165, 1.54) is 6.07 Å². The minimum atomic E-state index is -3.73. The van der Waals surface area contributed by atoms with Crippen molar-refractivity contribution in [2.75, 3.05) is 25.1 Å². The van der Waals surface area contributed by atoms with E-state index in [9.17, 15) is 12.8 Å². The summed E-state index contributed by atoms with van der Waals surface area (Å²) in [5, 5.41) is 3.64. The van der Waals surface area contributed by atoms with Gasteiger partial charge in [-0.3, -0.25) is 0 Å². The smallest absolute Gasteiger partial charge is 0.243 e. The average Bonchev–Trinajstić information content (AvgIpc) is 3.33. The summed E-state index contributed by atoms with van der Waals surface area (Å²) in [5.41, 5.74) is 4.20. The highest BCUT2D eigenvalue weighted by molar-refractivity contribution is 7.89. The van der Waals surface area contributed by atoms with Crippen LogP contribution in [0.15, 0.2) is 71.6 Å². The predicted molar refractivity (Wildman–Crippen MR) is 150 cm³/mol. The SMILES string of the molecule is Cc1ccc(S(=O)(=O)N2CC[C@@H]3[C@H](COCCC(C)(C)C)Nc4ccc(-c5ccccc5F)cc4[C@@H]32)cc1. The third kappa shape index (κ3) is 5.37. The Bertz CT molecular complexity index is 1400. The van der Waals surface area contributed by atoms with Crippen LogP contribution in [0.3, 0.4) is 0 Å². The first-order valence-corrected chi connectivity index (χ1v) is 14.8. The molecule has 0 saturated carbocycles. The van der Waals surface area contributed by atoms with Gasteiger partial charge in [0.1, 0.15) is 5.82 Å². The Labute approximate surface area is 226 Å². The van der Waals surface area contributed by atoms with Crippen molar-refractivity contribution in [3.63, 3.8) is 0 Å². The molecule has 0 bridgehead atoms. The van der Waals surface area contributed by atoms with E-state index in [0.29, 0.717) is 30.2 Å². The third-order valence-electron chi connectivity index (χ3n) is 7.73. The van der Waals surface area contributed by atoms with Gasteiger partial charge in [0.15, 0.2) is 0 Å². The Morgan fingerprint density at radius 3 is 2.50 bits per heavy atom. The highest BCUT2D eigenvalue weighted by Gasteiger charge is 2.48. The fourth-order valence-electron chi connectivity index (χ4n) is 5.57. The summed E-state index contributed by atoms with van der Waals surface area (Å²) in [6.07, 6.45) is 1.67. The molecule has 3 atom stereocenters. The Kier molecular flexibility index (Phi) is 7.37. The summed E-state index contributed by atoms with van der Waals surface area (Å²) in [5.74, 6) is -0.262. The van der Waals surface area contributed by atoms with Gasteiger partial charge in [0.2, 0.25) is 10.0 Å². The van der Waals surface area contributed by atoms with Crippen molar-refractivity contribution in [1.82, 2.24) is 4.31 Å². The lowest BCUT2D eigenvalue weighted by Crippen LogP contribution is -2.43. The fourth-order valence-corrected chi connectivity index (χ4v) is 7.24. The molecule has 202 valence electrons. The second-order valence-corrected chi connectivity index (χ2v) is 13.6. The Morgan fingerprint density at radius 1 is 1.05 bits per heavy atom. The second kappa shape index (κ2) is 10.4. The van der Waals surface area contributed by atoms with E-state index in [1.54, 1.807) is 28.6 Å². The molecule has 2 heterocycles. The zero-order chi connectivity index (χ0) is 27.1. The molecule has 38 heavy (non-hydrogen) atoms. The molecule has 5 nitrogen and oxygen atoms in total. The topological polar surface area (TPSA) is 58.6 Å². The van der Waals surface area contributed by atoms with Crippen LogP contribution in [0.1, 0.15) is 50.8 Å². The molecule has 1 fully saturated rings. The molecule has 1 N–H and O–H groups in total. The van der Waals surface area contributed by atoms with E-state index in [1.807, 2.05) is 43.3 Å². The summed E-state index contributed by atoms with van der Waals surface area (Å²) in [4.78, 5) is 0.298. The lowest BCUT2D eigenvalue weighted by Gasteiger charge is -2.39. The predicted octanol–water partition coefficient (Wildman–Crippen LogP) is 6.80. The molecule has 3 aromatic rings. The van der Waals surface area contributed by atoms with Gasteiger partial charge in [-0.05, 0) is 66.6 Å². The first-order valence-electron chi connectivity index (χ1n) is 13.4. The quantitative estimate of drug-likeness (QED) is 0.338. The number of anilines is 1. The van der Waals surface area contributed by atoms with Crippen molar-refractivity contribution < 1.29 is 17.5 Å². The zero-order valence-electron chi connectivity index (χ0n) is 22.6. The molecular weight excluding hydrogens is 499 g/mol. The molecule has 0 aliphatic carbocycles. The van der Waals surface area contributed by atoms with E-state index in [2.05, 4.69) is 26.1 Å². The van der Waals surface area contributed by atoms with Gasteiger partial charge in [-0.1, -0.05) is 62.7 Å². The maximum Gasteiger partial charge on any atom is 0.243 e. The van der Waals surface area contributed by atoms with Crippen LogP contribution in [0.4, 0.5) is 10.1 Å². The maximum atomic E-state index is 14.7. The van der Waals surface area contributed by atoms with Crippen LogP contribution < -0.4 is 5.32 Å². The van der Waals surface area contributed by atoms with Gasteiger partial charge >= 0.3 is 0 Å².